The van der Waals surface area contributed by atoms with Gasteiger partial charge in [0.2, 0.25) is 0 Å². The van der Waals surface area contributed by atoms with Crippen LogP contribution in [0.1, 0.15) is 25.6 Å². The summed E-state index contributed by atoms with van der Waals surface area (Å²) in [6.45, 7) is 6.25. The lowest BCUT2D eigenvalue weighted by molar-refractivity contribution is 0.128. The Morgan fingerprint density at radius 2 is 2.05 bits per heavy atom. The maximum atomic E-state index is 6.11. The van der Waals surface area contributed by atoms with E-state index in [2.05, 4.69) is 33.9 Å². The highest BCUT2D eigenvalue weighted by Gasteiger charge is 2.21. The molecule has 0 atom stereocenters. The third-order valence-corrected chi connectivity index (χ3v) is 3.92. The van der Waals surface area contributed by atoms with Crippen molar-refractivity contribution >= 4 is 17.4 Å². The van der Waals surface area contributed by atoms with E-state index in [1.54, 1.807) is 0 Å². The Kier molecular flexibility index (Phi) is 6.21. The molecule has 0 aromatic carbocycles. The smallest absolute Gasteiger partial charge is 0.158 e. The highest BCUT2D eigenvalue weighted by molar-refractivity contribution is 6.29. The van der Waals surface area contributed by atoms with Crippen molar-refractivity contribution in [2.24, 2.45) is 5.92 Å². The van der Waals surface area contributed by atoms with Gasteiger partial charge in [0.25, 0.3) is 0 Å². The molecular formula is C15H25ClN4O. The largest absolute Gasteiger partial charge is 0.374 e. The van der Waals surface area contributed by atoms with Crippen molar-refractivity contribution in [2.75, 3.05) is 45.2 Å². The molecule has 1 saturated heterocycles. The molecule has 0 amide bonds. The SMILES string of the molecule is CCOCc1nc(Cl)cc(N2CCC(CN(C)C)CC2)n1. The summed E-state index contributed by atoms with van der Waals surface area (Å²) in [6.07, 6.45) is 2.39. The molecule has 1 aliphatic heterocycles. The lowest BCUT2D eigenvalue weighted by Crippen LogP contribution is -2.37. The Bertz CT molecular complexity index is 447. The van der Waals surface area contributed by atoms with Gasteiger partial charge in [-0.15, -0.1) is 0 Å². The normalized spacial score (nSPS) is 16.7. The highest BCUT2D eigenvalue weighted by atomic mass is 35.5. The maximum absolute atomic E-state index is 6.11. The molecule has 118 valence electrons. The third kappa shape index (κ3) is 5.09. The van der Waals surface area contributed by atoms with Gasteiger partial charge in [-0.3, -0.25) is 0 Å². The van der Waals surface area contributed by atoms with Crippen LogP contribution in [0.2, 0.25) is 5.15 Å². The third-order valence-electron chi connectivity index (χ3n) is 3.72. The predicted octanol–water partition coefficient (Wildman–Crippen LogP) is 2.44. The molecule has 0 radical (unpaired) electrons. The molecule has 0 bridgehead atoms. The van der Waals surface area contributed by atoms with Crippen molar-refractivity contribution in [2.45, 2.75) is 26.4 Å². The molecule has 1 aromatic rings. The van der Waals surface area contributed by atoms with Crippen LogP contribution in [0.4, 0.5) is 5.82 Å². The van der Waals surface area contributed by atoms with Crippen LogP contribution in [0.3, 0.4) is 0 Å². The summed E-state index contributed by atoms with van der Waals surface area (Å²) in [5.41, 5.74) is 0. The maximum Gasteiger partial charge on any atom is 0.158 e. The predicted molar refractivity (Wildman–Crippen MR) is 85.9 cm³/mol. The van der Waals surface area contributed by atoms with Crippen LogP contribution in [0, 0.1) is 5.92 Å². The number of halogens is 1. The number of ether oxygens (including phenoxy) is 1. The molecule has 2 rings (SSSR count). The van der Waals surface area contributed by atoms with Gasteiger partial charge < -0.3 is 14.5 Å². The van der Waals surface area contributed by atoms with Crippen molar-refractivity contribution in [1.82, 2.24) is 14.9 Å². The van der Waals surface area contributed by atoms with Gasteiger partial charge in [-0.1, -0.05) is 11.6 Å². The molecular weight excluding hydrogens is 288 g/mol. The van der Waals surface area contributed by atoms with Crippen molar-refractivity contribution in [1.29, 1.82) is 0 Å². The molecule has 6 heteroatoms. The van der Waals surface area contributed by atoms with E-state index in [1.807, 2.05) is 13.0 Å². The fraction of sp³-hybridized carbons (Fsp3) is 0.733. The number of hydrogen-bond donors (Lipinski definition) is 0. The second-order valence-corrected chi connectivity index (χ2v) is 6.18. The van der Waals surface area contributed by atoms with E-state index in [4.69, 9.17) is 16.3 Å². The summed E-state index contributed by atoms with van der Waals surface area (Å²) in [7, 11) is 4.27. The Balaban J connectivity index is 1.97. The van der Waals surface area contributed by atoms with Crippen LogP contribution >= 0.6 is 11.6 Å². The molecule has 1 aliphatic rings. The zero-order chi connectivity index (χ0) is 15.2. The number of piperidine rings is 1. The second-order valence-electron chi connectivity index (χ2n) is 5.79. The Labute approximate surface area is 132 Å². The second kappa shape index (κ2) is 7.92. The standard InChI is InChI=1S/C15H25ClN4O/c1-4-21-11-14-17-13(16)9-15(18-14)20-7-5-12(6-8-20)10-19(2)3/h9,12H,4-8,10-11H2,1-3H3. The van der Waals surface area contributed by atoms with E-state index in [9.17, 15) is 0 Å². The van der Waals surface area contributed by atoms with E-state index in [1.165, 1.54) is 12.8 Å². The molecule has 21 heavy (non-hydrogen) atoms. The minimum atomic E-state index is 0.418. The van der Waals surface area contributed by atoms with Gasteiger partial charge in [0.15, 0.2) is 5.82 Å². The van der Waals surface area contributed by atoms with Crippen molar-refractivity contribution in [3.8, 4) is 0 Å². The van der Waals surface area contributed by atoms with Gasteiger partial charge in [-0.05, 0) is 39.8 Å². The Morgan fingerprint density at radius 1 is 1.33 bits per heavy atom. The van der Waals surface area contributed by atoms with E-state index in [-0.39, 0.29) is 0 Å². The van der Waals surface area contributed by atoms with E-state index >= 15 is 0 Å². The van der Waals surface area contributed by atoms with Crippen molar-refractivity contribution in [3.05, 3.63) is 17.0 Å². The van der Waals surface area contributed by atoms with Gasteiger partial charge in [0.1, 0.15) is 17.6 Å². The number of anilines is 1. The topological polar surface area (TPSA) is 41.5 Å². The summed E-state index contributed by atoms with van der Waals surface area (Å²) >= 11 is 6.11. The number of aromatic nitrogens is 2. The summed E-state index contributed by atoms with van der Waals surface area (Å²) < 4.78 is 5.37. The van der Waals surface area contributed by atoms with Crippen LogP contribution in [0.15, 0.2) is 6.07 Å². The van der Waals surface area contributed by atoms with E-state index in [0.29, 0.717) is 24.2 Å². The molecule has 1 aromatic heterocycles. The minimum absolute atomic E-state index is 0.418. The quantitative estimate of drug-likeness (QED) is 0.755. The minimum Gasteiger partial charge on any atom is -0.374 e. The van der Waals surface area contributed by atoms with Crippen LogP contribution < -0.4 is 4.90 Å². The molecule has 0 spiro atoms. The van der Waals surface area contributed by atoms with Gasteiger partial charge in [0, 0.05) is 32.3 Å². The average molecular weight is 313 g/mol. The fourth-order valence-corrected chi connectivity index (χ4v) is 2.93. The summed E-state index contributed by atoms with van der Waals surface area (Å²) in [5.74, 6) is 2.36. The van der Waals surface area contributed by atoms with E-state index in [0.717, 1.165) is 31.4 Å². The number of rotatable bonds is 6. The van der Waals surface area contributed by atoms with E-state index < -0.39 is 0 Å². The summed E-state index contributed by atoms with van der Waals surface area (Å²) in [4.78, 5) is 13.4. The first-order valence-corrected chi connectivity index (χ1v) is 7.97. The first-order valence-electron chi connectivity index (χ1n) is 7.59. The molecule has 0 unspecified atom stereocenters. The summed E-state index contributed by atoms with van der Waals surface area (Å²) in [5, 5.41) is 0.491. The van der Waals surface area contributed by atoms with Crippen LogP contribution in [0.5, 0.6) is 0 Å². The van der Waals surface area contributed by atoms with Crippen LogP contribution in [-0.4, -0.2) is 55.2 Å². The van der Waals surface area contributed by atoms with Gasteiger partial charge >= 0.3 is 0 Å². The van der Waals surface area contributed by atoms with Gasteiger partial charge in [-0.25, -0.2) is 9.97 Å². The first-order chi connectivity index (χ1) is 10.1. The van der Waals surface area contributed by atoms with Crippen LogP contribution in [0.25, 0.3) is 0 Å². The lowest BCUT2D eigenvalue weighted by Gasteiger charge is -2.34. The Morgan fingerprint density at radius 3 is 2.67 bits per heavy atom. The zero-order valence-electron chi connectivity index (χ0n) is 13.2. The first kappa shape index (κ1) is 16.5. The van der Waals surface area contributed by atoms with Gasteiger partial charge in [-0.2, -0.15) is 0 Å². The van der Waals surface area contributed by atoms with Gasteiger partial charge in [0.05, 0.1) is 0 Å². The molecule has 0 aliphatic carbocycles. The molecule has 5 nitrogen and oxygen atoms in total. The average Bonchev–Trinajstić information content (AvgIpc) is 2.44. The molecule has 2 heterocycles. The summed E-state index contributed by atoms with van der Waals surface area (Å²) in [6, 6.07) is 1.85. The Hall–Kier alpha value is -0.910. The van der Waals surface area contributed by atoms with Crippen molar-refractivity contribution < 1.29 is 4.74 Å². The van der Waals surface area contributed by atoms with Crippen molar-refractivity contribution in [3.63, 3.8) is 0 Å². The monoisotopic (exact) mass is 312 g/mol. The zero-order valence-corrected chi connectivity index (χ0v) is 13.9. The molecule has 1 fully saturated rings. The fourth-order valence-electron chi connectivity index (χ4n) is 2.73. The molecule has 0 N–H and O–H groups in total. The number of nitrogens with zero attached hydrogens (tertiary/aromatic N) is 4. The molecule has 0 saturated carbocycles. The lowest BCUT2D eigenvalue weighted by atomic mass is 9.96. The number of hydrogen-bond acceptors (Lipinski definition) is 5. The highest BCUT2D eigenvalue weighted by Crippen LogP contribution is 2.24. The van der Waals surface area contributed by atoms with Crippen LogP contribution in [-0.2, 0) is 11.3 Å².